The fourth-order valence-electron chi connectivity index (χ4n) is 4.29. The predicted molar refractivity (Wildman–Crippen MR) is 114 cm³/mol. The Labute approximate surface area is 166 Å². The summed E-state index contributed by atoms with van der Waals surface area (Å²) in [5.41, 5.74) is 5.12. The number of para-hydroxylation sites is 1. The number of benzene rings is 2. The number of aromatic amines is 1. The number of aromatic nitrogens is 1. The Balaban J connectivity index is 1.37. The van der Waals surface area contributed by atoms with Crippen LogP contribution < -0.4 is 5.32 Å². The third-order valence-corrected chi connectivity index (χ3v) is 5.74. The first-order valence-corrected chi connectivity index (χ1v) is 10.3. The Morgan fingerprint density at radius 1 is 1.14 bits per heavy atom. The molecule has 1 aromatic heterocycles. The van der Waals surface area contributed by atoms with Gasteiger partial charge in [0.1, 0.15) is 0 Å². The molecule has 2 aromatic carbocycles. The Bertz CT molecular complexity index is 958. The number of H-pyrrole nitrogens is 1. The molecule has 0 spiro atoms. The quantitative estimate of drug-likeness (QED) is 0.683. The minimum absolute atomic E-state index is 0.0265. The number of carbonyl (C=O) groups excluding carboxylic acids is 1. The van der Waals surface area contributed by atoms with E-state index in [0.717, 1.165) is 40.2 Å². The summed E-state index contributed by atoms with van der Waals surface area (Å²) in [4.78, 5) is 18.6. The molecule has 146 valence electrons. The second-order valence-corrected chi connectivity index (χ2v) is 8.15. The van der Waals surface area contributed by atoms with E-state index in [1.165, 1.54) is 31.5 Å². The summed E-state index contributed by atoms with van der Waals surface area (Å²) in [6.45, 7) is 8.25. The molecule has 28 heavy (non-hydrogen) atoms. The molecule has 2 heterocycles. The minimum Gasteiger partial charge on any atom is -0.358 e. The lowest BCUT2D eigenvalue weighted by Gasteiger charge is -2.30. The van der Waals surface area contributed by atoms with Gasteiger partial charge in [0, 0.05) is 36.2 Å². The van der Waals surface area contributed by atoms with Crippen molar-refractivity contribution in [2.75, 3.05) is 13.1 Å². The standard InChI is InChI=1S/C24H29N3O/c1-17-6-5-13-27(15-17)16-20-11-9-19(10-12-20)14-25-24(28)23-18(2)26-22-8-4-3-7-21(22)23/h3-4,7-12,17,26H,5-6,13-16H2,1-2H3,(H,25,28). The van der Waals surface area contributed by atoms with E-state index in [2.05, 4.69) is 46.4 Å². The maximum absolute atomic E-state index is 12.7. The van der Waals surface area contributed by atoms with Crippen LogP contribution in [0.3, 0.4) is 0 Å². The van der Waals surface area contributed by atoms with Crippen LogP contribution in [0.5, 0.6) is 0 Å². The number of hydrogen-bond acceptors (Lipinski definition) is 2. The van der Waals surface area contributed by atoms with Crippen LogP contribution in [0.2, 0.25) is 0 Å². The van der Waals surface area contributed by atoms with Crippen LogP contribution in [0.1, 0.15) is 46.9 Å². The summed E-state index contributed by atoms with van der Waals surface area (Å²) < 4.78 is 0. The largest absolute Gasteiger partial charge is 0.358 e. The van der Waals surface area contributed by atoms with Gasteiger partial charge in [-0.15, -0.1) is 0 Å². The van der Waals surface area contributed by atoms with Gasteiger partial charge in [-0.05, 0) is 49.4 Å². The van der Waals surface area contributed by atoms with Gasteiger partial charge in [0.2, 0.25) is 0 Å². The second kappa shape index (κ2) is 8.19. The number of carbonyl (C=O) groups is 1. The highest BCUT2D eigenvalue weighted by molar-refractivity contribution is 6.08. The fourth-order valence-corrected chi connectivity index (χ4v) is 4.29. The number of nitrogens with one attached hydrogen (secondary N) is 2. The lowest BCUT2D eigenvalue weighted by Crippen LogP contribution is -2.33. The zero-order chi connectivity index (χ0) is 19.5. The van der Waals surface area contributed by atoms with Gasteiger partial charge in [-0.3, -0.25) is 9.69 Å². The molecule has 0 radical (unpaired) electrons. The van der Waals surface area contributed by atoms with Crippen molar-refractivity contribution in [2.45, 2.75) is 39.8 Å². The molecule has 1 amide bonds. The number of piperidine rings is 1. The molecule has 1 aliphatic rings. The molecule has 1 aliphatic heterocycles. The van der Waals surface area contributed by atoms with Gasteiger partial charge in [0.15, 0.2) is 0 Å². The average Bonchev–Trinajstić information content (AvgIpc) is 3.03. The SMILES string of the molecule is Cc1[nH]c2ccccc2c1C(=O)NCc1ccc(CN2CCCC(C)C2)cc1. The van der Waals surface area contributed by atoms with Gasteiger partial charge < -0.3 is 10.3 Å². The number of nitrogens with zero attached hydrogens (tertiary/aromatic N) is 1. The van der Waals surface area contributed by atoms with Crippen LogP contribution in [0.4, 0.5) is 0 Å². The first-order chi connectivity index (χ1) is 13.6. The summed E-state index contributed by atoms with van der Waals surface area (Å²) in [5, 5.41) is 4.05. The van der Waals surface area contributed by atoms with E-state index in [1.807, 2.05) is 31.2 Å². The van der Waals surface area contributed by atoms with Gasteiger partial charge in [-0.25, -0.2) is 0 Å². The van der Waals surface area contributed by atoms with Crippen molar-refractivity contribution in [3.63, 3.8) is 0 Å². The second-order valence-electron chi connectivity index (χ2n) is 8.15. The Kier molecular flexibility index (Phi) is 5.49. The van der Waals surface area contributed by atoms with E-state index in [1.54, 1.807) is 0 Å². The third kappa shape index (κ3) is 4.12. The first kappa shape index (κ1) is 18.8. The molecule has 0 bridgehead atoms. The van der Waals surface area contributed by atoms with Gasteiger partial charge in [-0.2, -0.15) is 0 Å². The van der Waals surface area contributed by atoms with Crippen molar-refractivity contribution < 1.29 is 4.79 Å². The maximum atomic E-state index is 12.7. The molecule has 1 saturated heterocycles. The van der Waals surface area contributed by atoms with Crippen LogP contribution in [0.15, 0.2) is 48.5 Å². The minimum atomic E-state index is -0.0265. The van der Waals surface area contributed by atoms with E-state index in [9.17, 15) is 4.79 Å². The van der Waals surface area contributed by atoms with E-state index in [-0.39, 0.29) is 5.91 Å². The molecule has 0 aliphatic carbocycles. The van der Waals surface area contributed by atoms with Crippen molar-refractivity contribution in [1.82, 2.24) is 15.2 Å². The molecule has 2 N–H and O–H groups in total. The average molecular weight is 376 g/mol. The van der Waals surface area contributed by atoms with Crippen molar-refractivity contribution in [3.05, 3.63) is 70.9 Å². The molecule has 3 aromatic rings. The fraction of sp³-hybridized carbons (Fsp3) is 0.375. The molecule has 4 nitrogen and oxygen atoms in total. The summed E-state index contributed by atoms with van der Waals surface area (Å²) >= 11 is 0. The predicted octanol–water partition coefficient (Wildman–Crippen LogP) is 4.64. The summed E-state index contributed by atoms with van der Waals surface area (Å²) in [7, 11) is 0. The Morgan fingerprint density at radius 2 is 1.89 bits per heavy atom. The van der Waals surface area contributed by atoms with Gasteiger partial charge in [0.25, 0.3) is 5.91 Å². The van der Waals surface area contributed by atoms with E-state index in [4.69, 9.17) is 0 Å². The van der Waals surface area contributed by atoms with Crippen LogP contribution >= 0.6 is 0 Å². The number of aryl methyl sites for hydroxylation is 1. The van der Waals surface area contributed by atoms with E-state index < -0.39 is 0 Å². The molecular formula is C24H29N3O. The highest BCUT2D eigenvalue weighted by Gasteiger charge is 2.17. The number of rotatable bonds is 5. The zero-order valence-corrected chi connectivity index (χ0v) is 16.8. The highest BCUT2D eigenvalue weighted by Crippen LogP contribution is 2.22. The molecular weight excluding hydrogens is 346 g/mol. The third-order valence-electron chi connectivity index (χ3n) is 5.74. The Morgan fingerprint density at radius 3 is 2.68 bits per heavy atom. The summed E-state index contributed by atoms with van der Waals surface area (Å²) in [6.07, 6.45) is 2.66. The van der Waals surface area contributed by atoms with E-state index >= 15 is 0 Å². The number of hydrogen-bond donors (Lipinski definition) is 2. The molecule has 4 rings (SSSR count). The van der Waals surface area contributed by atoms with Gasteiger partial charge >= 0.3 is 0 Å². The van der Waals surface area contributed by atoms with Crippen molar-refractivity contribution >= 4 is 16.8 Å². The lowest BCUT2D eigenvalue weighted by atomic mass is 9.99. The van der Waals surface area contributed by atoms with Crippen molar-refractivity contribution in [3.8, 4) is 0 Å². The molecule has 4 heteroatoms. The van der Waals surface area contributed by atoms with Crippen LogP contribution in [-0.2, 0) is 13.1 Å². The maximum Gasteiger partial charge on any atom is 0.253 e. The summed E-state index contributed by atoms with van der Waals surface area (Å²) in [6, 6.07) is 16.6. The number of amides is 1. The van der Waals surface area contributed by atoms with Crippen LogP contribution in [0, 0.1) is 12.8 Å². The van der Waals surface area contributed by atoms with Crippen LogP contribution in [0.25, 0.3) is 10.9 Å². The zero-order valence-electron chi connectivity index (χ0n) is 16.8. The van der Waals surface area contributed by atoms with E-state index in [0.29, 0.717) is 6.54 Å². The number of fused-ring (bicyclic) bond motifs is 1. The van der Waals surface area contributed by atoms with Crippen molar-refractivity contribution in [1.29, 1.82) is 0 Å². The molecule has 1 atom stereocenters. The smallest absolute Gasteiger partial charge is 0.253 e. The topological polar surface area (TPSA) is 48.1 Å². The van der Waals surface area contributed by atoms with Crippen LogP contribution in [-0.4, -0.2) is 28.9 Å². The summed E-state index contributed by atoms with van der Waals surface area (Å²) in [5.74, 6) is 0.775. The number of likely N-dealkylation sites (tertiary alicyclic amines) is 1. The Hall–Kier alpha value is -2.59. The van der Waals surface area contributed by atoms with Crippen molar-refractivity contribution in [2.24, 2.45) is 5.92 Å². The van der Waals surface area contributed by atoms with Gasteiger partial charge in [0.05, 0.1) is 5.56 Å². The monoisotopic (exact) mass is 375 g/mol. The molecule has 1 unspecified atom stereocenters. The lowest BCUT2D eigenvalue weighted by molar-refractivity contribution is 0.0952. The molecule has 0 saturated carbocycles. The normalized spacial score (nSPS) is 17.7. The highest BCUT2D eigenvalue weighted by atomic mass is 16.1. The first-order valence-electron chi connectivity index (χ1n) is 10.3. The van der Waals surface area contributed by atoms with Gasteiger partial charge in [-0.1, -0.05) is 49.4 Å². The molecule has 1 fully saturated rings.